The largest absolute Gasteiger partial charge is 0.376 e. The average Bonchev–Trinajstić information content (AvgIpc) is 2.14. The second-order valence-corrected chi connectivity index (χ2v) is 3.74. The van der Waals surface area contributed by atoms with Crippen LogP contribution in [0, 0.1) is 17.0 Å². The quantitative estimate of drug-likeness (QED) is 0.618. The highest BCUT2D eigenvalue weighted by atomic mass is 16.6. The summed E-state index contributed by atoms with van der Waals surface area (Å²) in [5, 5.41) is 13.7. The van der Waals surface area contributed by atoms with E-state index in [4.69, 9.17) is 4.74 Å². The van der Waals surface area contributed by atoms with Crippen molar-refractivity contribution in [3.8, 4) is 0 Å². The van der Waals surface area contributed by atoms with Crippen molar-refractivity contribution in [2.75, 3.05) is 18.5 Å². The fourth-order valence-electron chi connectivity index (χ4n) is 1.48. The normalized spacial score (nSPS) is 18.9. The highest BCUT2D eigenvalue weighted by Gasteiger charge is 2.20. The van der Waals surface area contributed by atoms with Gasteiger partial charge in [-0.3, -0.25) is 10.1 Å². The SMILES string of the molecule is Cc1ccc([N+](=O)[O-])c(NC[C@@H]2CCO2)n1. The van der Waals surface area contributed by atoms with Gasteiger partial charge in [0.1, 0.15) is 0 Å². The Morgan fingerprint density at radius 1 is 1.69 bits per heavy atom. The molecule has 0 aliphatic carbocycles. The van der Waals surface area contributed by atoms with E-state index in [1.807, 2.05) is 0 Å². The molecule has 0 radical (unpaired) electrons. The van der Waals surface area contributed by atoms with E-state index in [-0.39, 0.29) is 11.8 Å². The van der Waals surface area contributed by atoms with E-state index in [1.165, 1.54) is 6.07 Å². The Labute approximate surface area is 92.8 Å². The number of aromatic nitrogens is 1. The number of pyridine rings is 1. The van der Waals surface area contributed by atoms with Gasteiger partial charge in [0, 0.05) is 24.9 Å². The van der Waals surface area contributed by atoms with Gasteiger partial charge in [0.15, 0.2) is 0 Å². The molecule has 1 N–H and O–H groups in total. The van der Waals surface area contributed by atoms with E-state index in [0.29, 0.717) is 12.4 Å². The fourth-order valence-corrected chi connectivity index (χ4v) is 1.48. The minimum absolute atomic E-state index is 0.00456. The molecule has 1 saturated heterocycles. The van der Waals surface area contributed by atoms with E-state index < -0.39 is 4.92 Å². The van der Waals surface area contributed by atoms with Crippen LogP contribution in [-0.4, -0.2) is 29.2 Å². The lowest BCUT2D eigenvalue weighted by molar-refractivity contribution is -0.384. The van der Waals surface area contributed by atoms with E-state index in [1.54, 1.807) is 13.0 Å². The molecule has 86 valence electrons. The summed E-state index contributed by atoms with van der Waals surface area (Å²) in [4.78, 5) is 14.4. The van der Waals surface area contributed by atoms with Crippen molar-refractivity contribution in [2.45, 2.75) is 19.4 Å². The van der Waals surface area contributed by atoms with Gasteiger partial charge in [0.2, 0.25) is 5.82 Å². The number of nitro groups is 1. The number of ether oxygens (including phenoxy) is 1. The van der Waals surface area contributed by atoms with Gasteiger partial charge in [-0.05, 0) is 19.4 Å². The van der Waals surface area contributed by atoms with Gasteiger partial charge in [-0.2, -0.15) is 0 Å². The first-order valence-electron chi connectivity index (χ1n) is 5.14. The van der Waals surface area contributed by atoms with Crippen molar-refractivity contribution in [1.82, 2.24) is 4.98 Å². The highest BCUT2D eigenvalue weighted by molar-refractivity contribution is 5.56. The zero-order chi connectivity index (χ0) is 11.5. The molecule has 0 spiro atoms. The molecule has 6 heteroatoms. The predicted octanol–water partition coefficient (Wildman–Crippen LogP) is 1.50. The maximum Gasteiger partial charge on any atom is 0.311 e. The Hall–Kier alpha value is -1.69. The number of anilines is 1. The number of rotatable bonds is 4. The van der Waals surface area contributed by atoms with Crippen molar-refractivity contribution in [1.29, 1.82) is 0 Å². The molecule has 0 saturated carbocycles. The minimum Gasteiger partial charge on any atom is -0.376 e. The lowest BCUT2D eigenvalue weighted by Crippen LogP contribution is -2.33. The Morgan fingerprint density at radius 3 is 3.00 bits per heavy atom. The van der Waals surface area contributed by atoms with Crippen LogP contribution in [0.15, 0.2) is 12.1 Å². The third-order valence-electron chi connectivity index (χ3n) is 2.50. The maximum absolute atomic E-state index is 10.8. The maximum atomic E-state index is 10.8. The van der Waals surface area contributed by atoms with Crippen LogP contribution in [-0.2, 0) is 4.74 Å². The van der Waals surface area contributed by atoms with E-state index in [0.717, 1.165) is 18.7 Å². The Kier molecular flexibility index (Phi) is 3.00. The first-order chi connectivity index (χ1) is 7.66. The smallest absolute Gasteiger partial charge is 0.311 e. The first-order valence-corrected chi connectivity index (χ1v) is 5.14. The van der Waals surface area contributed by atoms with Crippen molar-refractivity contribution in [3.05, 3.63) is 27.9 Å². The summed E-state index contributed by atoms with van der Waals surface area (Å²) in [6.07, 6.45) is 1.15. The molecule has 16 heavy (non-hydrogen) atoms. The molecular formula is C10H13N3O3. The zero-order valence-corrected chi connectivity index (χ0v) is 8.97. The Morgan fingerprint density at radius 2 is 2.44 bits per heavy atom. The van der Waals surface area contributed by atoms with Crippen LogP contribution >= 0.6 is 0 Å². The molecule has 6 nitrogen and oxygen atoms in total. The predicted molar refractivity (Wildman–Crippen MR) is 58.5 cm³/mol. The molecule has 1 fully saturated rings. The van der Waals surface area contributed by atoms with Crippen LogP contribution in [0.2, 0.25) is 0 Å². The van der Waals surface area contributed by atoms with Gasteiger partial charge in [-0.25, -0.2) is 4.98 Å². The van der Waals surface area contributed by atoms with Crippen LogP contribution in [0.4, 0.5) is 11.5 Å². The van der Waals surface area contributed by atoms with Crippen LogP contribution in [0.25, 0.3) is 0 Å². The topological polar surface area (TPSA) is 77.3 Å². The summed E-state index contributed by atoms with van der Waals surface area (Å²) >= 11 is 0. The van der Waals surface area contributed by atoms with Crippen LogP contribution in [0.3, 0.4) is 0 Å². The monoisotopic (exact) mass is 223 g/mol. The van der Waals surface area contributed by atoms with Gasteiger partial charge < -0.3 is 10.1 Å². The summed E-state index contributed by atoms with van der Waals surface area (Å²) in [6, 6.07) is 3.09. The van der Waals surface area contributed by atoms with Crippen LogP contribution in [0.5, 0.6) is 0 Å². The lowest BCUT2D eigenvalue weighted by atomic mass is 10.2. The third-order valence-corrected chi connectivity index (χ3v) is 2.50. The summed E-state index contributed by atoms with van der Waals surface area (Å²) in [7, 11) is 0. The minimum atomic E-state index is -0.434. The number of hydrogen-bond donors (Lipinski definition) is 1. The molecule has 1 aliphatic rings. The van der Waals surface area contributed by atoms with Crippen molar-refractivity contribution in [3.63, 3.8) is 0 Å². The Balaban J connectivity index is 2.09. The highest BCUT2D eigenvalue weighted by Crippen LogP contribution is 2.22. The van der Waals surface area contributed by atoms with E-state index in [9.17, 15) is 10.1 Å². The molecule has 0 aromatic carbocycles. The number of nitrogens with one attached hydrogen (secondary N) is 1. The summed E-state index contributed by atoms with van der Waals surface area (Å²) in [6.45, 7) is 3.14. The number of aryl methyl sites for hydroxylation is 1. The van der Waals surface area contributed by atoms with Crippen molar-refractivity contribution in [2.24, 2.45) is 0 Å². The second-order valence-electron chi connectivity index (χ2n) is 3.74. The number of nitrogens with zero attached hydrogens (tertiary/aromatic N) is 2. The van der Waals surface area contributed by atoms with Gasteiger partial charge >= 0.3 is 5.69 Å². The summed E-state index contributed by atoms with van der Waals surface area (Å²) in [5.41, 5.74) is 0.757. The van der Waals surface area contributed by atoms with Gasteiger partial charge in [-0.1, -0.05) is 0 Å². The summed E-state index contributed by atoms with van der Waals surface area (Å²) < 4.78 is 5.22. The van der Waals surface area contributed by atoms with Crippen LogP contribution in [0.1, 0.15) is 12.1 Å². The van der Waals surface area contributed by atoms with Crippen molar-refractivity contribution < 1.29 is 9.66 Å². The van der Waals surface area contributed by atoms with E-state index in [2.05, 4.69) is 10.3 Å². The molecule has 0 amide bonds. The fraction of sp³-hybridized carbons (Fsp3) is 0.500. The summed E-state index contributed by atoms with van der Waals surface area (Å²) in [5.74, 6) is 0.320. The lowest BCUT2D eigenvalue weighted by Gasteiger charge is -2.26. The average molecular weight is 223 g/mol. The molecule has 1 aromatic rings. The molecular weight excluding hydrogens is 210 g/mol. The Bertz CT molecular complexity index is 404. The molecule has 1 aromatic heterocycles. The molecule has 1 aliphatic heterocycles. The second kappa shape index (κ2) is 4.44. The molecule has 2 rings (SSSR count). The standard InChI is InChI=1S/C10H13N3O3/c1-7-2-3-9(13(14)15)10(12-7)11-6-8-4-5-16-8/h2-3,8H,4-6H2,1H3,(H,11,12)/t8-/m0/s1. The zero-order valence-electron chi connectivity index (χ0n) is 8.97. The van der Waals surface area contributed by atoms with Crippen molar-refractivity contribution >= 4 is 11.5 Å². The van der Waals surface area contributed by atoms with Gasteiger partial charge in [0.05, 0.1) is 11.0 Å². The number of hydrogen-bond acceptors (Lipinski definition) is 5. The first kappa shape index (κ1) is 10.8. The van der Waals surface area contributed by atoms with Crippen LogP contribution < -0.4 is 5.32 Å². The molecule has 1 atom stereocenters. The van der Waals surface area contributed by atoms with Gasteiger partial charge in [-0.15, -0.1) is 0 Å². The van der Waals surface area contributed by atoms with E-state index >= 15 is 0 Å². The third kappa shape index (κ3) is 2.27. The molecule has 2 heterocycles. The van der Waals surface area contributed by atoms with Gasteiger partial charge in [0.25, 0.3) is 0 Å². The molecule has 0 bridgehead atoms. The molecule has 0 unspecified atom stereocenters.